The number of carbonyl (C=O) groups is 1. The smallest absolute Gasteiger partial charge is 0.257 e. The molecule has 0 spiro atoms. The average Bonchev–Trinajstić information content (AvgIpc) is 2.96. The number of aryl methyl sites for hydroxylation is 1. The molecule has 0 radical (unpaired) electrons. The third kappa shape index (κ3) is 4.59. The summed E-state index contributed by atoms with van der Waals surface area (Å²) >= 11 is 5.93. The number of rotatable bonds is 7. The number of imidazole rings is 1. The van der Waals surface area contributed by atoms with Crippen LogP contribution in [0.1, 0.15) is 6.42 Å². The van der Waals surface area contributed by atoms with Gasteiger partial charge in [-0.2, -0.15) is 0 Å². The van der Waals surface area contributed by atoms with E-state index in [9.17, 15) is 4.79 Å². The molecule has 5 nitrogen and oxygen atoms in total. The lowest BCUT2D eigenvalue weighted by Crippen LogP contribution is -2.30. The molecule has 1 N–H and O–H groups in total. The van der Waals surface area contributed by atoms with Gasteiger partial charge in [0.1, 0.15) is 5.75 Å². The number of carbonyl (C=O) groups excluding carboxylic acids is 1. The van der Waals surface area contributed by atoms with Crippen molar-refractivity contribution in [3.05, 3.63) is 48.0 Å². The van der Waals surface area contributed by atoms with Gasteiger partial charge in [-0.05, 0) is 18.6 Å². The average molecular weight is 294 g/mol. The number of ether oxygens (including phenoxy) is 1. The molecule has 0 unspecified atom stereocenters. The normalized spacial score (nSPS) is 10.2. The Morgan fingerprint density at radius 1 is 1.40 bits per heavy atom. The number of benzene rings is 1. The van der Waals surface area contributed by atoms with Crippen molar-refractivity contribution in [2.45, 2.75) is 13.0 Å². The van der Waals surface area contributed by atoms with Gasteiger partial charge in [-0.15, -0.1) is 0 Å². The molecule has 0 aliphatic heterocycles. The molecule has 0 aliphatic carbocycles. The number of amides is 1. The summed E-state index contributed by atoms with van der Waals surface area (Å²) in [7, 11) is 0. The molecule has 1 aromatic heterocycles. The monoisotopic (exact) mass is 293 g/mol. The quantitative estimate of drug-likeness (QED) is 0.796. The van der Waals surface area contributed by atoms with E-state index < -0.39 is 0 Å². The van der Waals surface area contributed by atoms with Gasteiger partial charge in [0.25, 0.3) is 5.91 Å². The van der Waals surface area contributed by atoms with Gasteiger partial charge >= 0.3 is 0 Å². The highest BCUT2D eigenvalue weighted by Gasteiger charge is 2.04. The van der Waals surface area contributed by atoms with E-state index in [1.165, 1.54) is 0 Å². The largest absolute Gasteiger partial charge is 0.482 e. The van der Waals surface area contributed by atoms with E-state index in [-0.39, 0.29) is 12.5 Å². The predicted octanol–water partition coefficient (Wildman–Crippen LogP) is 2.12. The van der Waals surface area contributed by atoms with E-state index in [0.717, 1.165) is 13.0 Å². The number of halogens is 1. The number of para-hydroxylation sites is 1. The number of aromatic nitrogens is 2. The minimum absolute atomic E-state index is 0.0329. The maximum absolute atomic E-state index is 11.6. The van der Waals surface area contributed by atoms with Crippen molar-refractivity contribution >= 4 is 17.5 Å². The van der Waals surface area contributed by atoms with Gasteiger partial charge < -0.3 is 14.6 Å². The van der Waals surface area contributed by atoms with Crippen molar-refractivity contribution in [3.63, 3.8) is 0 Å². The lowest BCUT2D eigenvalue weighted by Gasteiger charge is -2.08. The van der Waals surface area contributed by atoms with Crippen molar-refractivity contribution in [1.82, 2.24) is 14.9 Å². The second-order valence-electron chi connectivity index (χ2n) is 4.22. The van der Waals surface area contributed by atoms with Gasteiger partial charge in [0, 0.05) is 25.5 Å². The molecule has 0 aliphatic rings. The van der Waals surface area contributed by atoms with E-state index in [2.05, 4.69) is 10.3 Å². The van der Waals surface area contributed by atoms with E-state index in [4.69, 9.17) is 16.3 Å². The summed E-state index contributed by atoms with van der Waals surface area (Å²) < 4.78 is 7.31. The Morgan fingerprint density at radius 2 is 2.25 bits per heavy atom. The van der Waals surface area contributed by atoms with Crippen LogP contribution < -0.4 is 10.1 Å². The third-order valence-electron chi connectivity index (χ3n) is 2.67. The summed E-state index contributed by atoms with van der Waals surface area (Å²) in [6, 6.07) is 7.07. The standard InChI is InChI=1S/C14H16ClN3O2/c15-12-4-1-2-5-13(12)20-10-14(19)17-6-3-8-18-9-7-16-11-18/h1-2,4-5,7,9,11H,3,6,8,10H2,(H,17,19). The molecule has 0 bridgehead atoms. The highest BCUT2D eigenvalue weighted by atomic mass is 35.5. The molecule has 2 aromatic rings. The first kappa shape index (κ1) is 14.4. The van der Waals surface area contributed by atoms with E-state index in [1.54, 1.807) is 24.7 Å². The second kappa shape index (κ2) is 7.55. The van der Waals surface area contributed by atoms with Gasteiger partial charge in [0.15, 0.2) is 6.61 Å². The molecule has 0 fully saturated rings. The Kier molecular flexibility index (Phi) is 5.43. The molecule has 106 valence electrons. The molecule has 20 heavy (non-hydrogen) atoms. The van der Waals surface area contributed by atoms with Crippen LogP contribution in [-0.2, 0) is 11.3 Å². The Bertz CT molecular complexity index is 543. The molecular weight excluding hydrogens is 278 g/mol. The number of nitrogens with zero attached hydrogens (tertiary/aromatic N) is 2. The first-order chi connectivity index (χ1) is 9.75. The number of hydrogen-bond donors (Lipinski definition) is 1. The first-order valence-corrected chi connectivity index (χ1v) is 6.73. The lowest BCUT2D eigenvalue weighted by molar-refractivity contribution is -0.123. The Hall–Kier alpha value is -2.01. The fourth-order valence-corrected chi connectivity index (χ4v) is 1.85. The van der Waals surface area contributed by atoms with Crippen LogP contribution in [0.5, 0.6) is 5.75 Å². The first-order valence-electron chi connectivity index (χ1n) is 6.35. The molecule has 1 amide bonds. The van der Waals surface area contributed by atoms with Gasteiger partial charge in [0.05, 0.1) is 11.3 Å². The zero-order valence-corrected chi connectivity index (χ0v) is 11.7. The van der Waals surface area contributed by atoms with Crippen LogP contribution in [0.3, 0.4) is 0 Å². The summed E-state index contributed by atoms with van der Waals surface area (Å²) in [5, 5.41) is 3.29. The van der Waals surface area contributed by atoms with Crippen molar-refractivity contribution in [1.29, 1.82) is 0 Å². The van der Waals surface area contributed by atoms with Crippen LogP contribution in [0.2, 0.25) is 5.02 Å². The zero-order valence-electron chi connectivity index (χ0n) is 11.0. The molecule has 2 rings (SSSR count). The van der Waals surface area contributed by atoms with Crippen LogP contribution in [-0.4, -0.2) is 28.6 Å². The van der Waals surface area contributed by atoms with E-state index >= 15 is 0 Å². The number of nitrogens with one attached hydrogen (secondary N) is 1. The van der Waals surface area contributed by atoms with Crippen molar-refractivity contribution in [2.75, 3.05) is 13.2 Å². The van der Waals surface area contributed by atoms with Crippen molar-refractivity contribution in [3.8, 4) is 5.75 Å². The van der Waals surface area contributed by atoms with Crippen molar-refractivity contribution in [2.24, 2.45) is 0 Å². The molecule has 0 atom stereocenters. The summed E-state index contributed by atoms with van der Waals surface area (Å²) in [6.45, 7) is 1.39. The van der Waals surface area contributed by atoms with Gasteiger partial charge in [0.2, 0.25) is 0 Å². The minimum atomic E-state index is -0.157. The second-order valence-corrected chi connectivity index (χ2v) is 4.63. The molecule has 0 saturated carbocycles. The Morgan fingerprint density at radius 3 is 3.00 bits per heavy atom. The maximum Gasteiger partial charge on any atom is 0.257 e. The fourth-order valence-electron chi connectivity index (χ4n) is 1.66. The maximum atomic E-state index is 11.6. The van der Waals surface area contributed by atoms with Crippen LogP contribution in [0.15, 0.2) is 43.0 Å². The summed E-state index contributed by atoms with van der Waals surface area (Å²) in [6.07, 6.45) is 6.22. The topological polar surface area (TPSA) is 56.1 Å². The fraction of sp³-hybridized carbons (Fsp3) is 0.286. The highest BCUT2D eigenvalue weighted by Crippen LogP contribution is 2.22. The van der Waals surface area contributed by atoms with Gasteiger partial charge in [-0.1, -0.05) is 23.7 Å². The van der Waals surface area contributed by atoms with E-state index in [0.29, 0.717) is 17.3 Å². The van der Waals surface area contributed by atoms with Crippen LogP contribution in [0, 0.1) is 0 Å². The molecular formula is C14H16ClN3O2. The minimum Gasteiger partial charge on any atom is -0.482 e. The summed E-state index contributed by atoms with van der Waals surface area (Å²) in [5.41, 5.74) is 0. The zero-order chi connectivity index (χ0) is 14.2. The van der Waals surface area contributed by atoms with E-state index in [1.807, 2.05) is 22.9 Å². The summed E-state index contributed by atoms with van der Waals surface area (Å²) in [5.74, 6) is 0.360. The predicted molar refractivity (Wildman–Crippen MR) is 76.8 cm³/mol. The van der Waals surface area contributed by atoms with Gasteiger partial charge in [-0.25, -0.2) is 4.98 Å². The van der Waals surface area contributed by atoms with Crippen LogP contribution in [0.25, 0.3) is 0 Å². The third-order valence-corrected chi connectivity index (χ3v) is 2.98. The molecule has 6 heteroatoms. The number of hydrogen-bond acceptors (Lipinski definition) is 3. The van der Waals surface area contributed by atoms with Crippen molar-refractivity contribution < 1.29 is 9.53 Å². The van der Waals surface area contributed by atoms with Crippen LogP contribution >= 0.6 is 11.6 Å². The Balaban J connectivity index is 1.62. The lowest BCUT2D eigenvalue weighted by atomic mass is 10.3. The van der Waals surface area contributed by atoms with Crippen LogP contribution in [0.4, 0.5) is 0 Å². The molecule has 0 saturated heterocycles. The molecule has 1 heterocycles. The summed E-state index contributed by atoms with van der Waals surface area (Å²) in [4.78, 5) is 15.5. The van der Waals surface area contributed by atoms with Gasteiger partial charge in [-0.3, -0.25) is 4.79 Å². The highest BCUT2D eigenvalue weighted by molar-refractivity contribution is 6.32. The molecule has 1 aromatic carbocycles. The SMILES string of the molecule is O=C(COc1ccccc1Cl)NCCCn1ccnc1. The Labute approximate surface area is 122 Å².